The van der Waals surface area contributed by atoms with E-state index >= 15 is 0 Å². The summed E-state index contributed by atoms with van der Waals surface area (Å²) < 4.78 is 83.9. The summed E-state index contributed by atoms with van der Waals surface area (Å²) >= 11 is 0. The quantitative estimate of drug-likeness (QED) is 0.726. The molecule has 0 saturated carbocycles. The van der Waals surface area contributed by atoms with Gasteiger partial charge in [0.05, 0.1) is 17.0 Å². The average Bonchev–Trinajstić information content (AvgIpc) is 2.88. The number of alkyl halides is 3. The third kappa shape index (κ3) is 4.21. The van der Waals surface area contributed by atoms with E-state index in [0.717, 1.165) is 10.4 Å². The Bertz CT molecular complexity index is 857. The Labute approximate surface area is 143 Å². The van der Waals surface area contributed by atoms with Crippen LogP contribution in [-0.2, 0) is 22.7 Å². The molecule has 4 nitrogen and oxygen atoms in total. The van der Waals surface area contributed by atoms with Crippen molar-refractivity contribution in [3.05, 3.63) is 53.2 Å². The fourth-order valence-corrected chi connectivity index (χ4v) is 3.92. The number of hydrogen-bond donors (Lipinski definition) is 0. The highest BCUT2D eigenvalue weighted by Crippen LogP contribution is 2.33. The summed E-state index contributed by atoms with van der Waals surface area (Å²) in [5, 5.41) is 0. The first kappa shape index (κ1) is 19.5. The summed E-state index contributed by atoms with van der Waals surface area (Å²) in [4.78, 5) is -0.627. The first-order chi connectivity index (χ1) is 11.4. The molecule has 0 N–H and O–H groups in total. The van der Waals surface area contributed by atoms with E-state index in [9.17, 15) is 26.0 Å². The van der Waals surface area contributed by atoms with Gasteiger partial charge in [-0.25, -0.2) is 12.8 Å². The number of nitrogens with zero attached hydrogens (tertiary/aromatic N) is 1. The second kappa shape index (κ2) is 6.80. The van der Waals surface area contributed by atoms with Gasteiger partial charge in [0.25, 0.3) is 0 Å². The lowest BCUT2D eigenvalue weighted by atomic mass is 10.2. The topological polar surface area (TPSA) is 50.5 Å². The molecule has 2 aromatic rings. The SMILES string of the molecule is Cc1ccc(CN(C(C)C)S(=O)(=O)c2ccc(F)c(C(F)(F)F)c2)o1. The smallest absolute Gasteiger partial charge is 0.419 e. The second-order valence-corrected chi connectivity index (χ2v) is 7.69. The predicted octanol–water partition coefficient (Wildman–Crippen LogP) is 4.35. The summed E-state index contributed by atoms with van der Waals surface area (Å²) in [6.45, 7) is 4.71. The molecule has 0 aliphatic heterocycles. The lowest BCUT2D eigenvalue weighted by Gasteiger charge is -2.25. The summed E-state index contributed by atoms with van der Waals surface area (Å²) in [6, 6.07) is 4.34. The van der Waals surface area contributed by atoms with Crippen molar-refractivity contribution in [1.29, 1.82) is 0 Å². The van der Waals surface area contributed by atoms with Crippen LogP contribution in [0.15, 0.2) is 39.6 Å². The Hall–Kier alpha value is -1.87. The fourth-order valence-electron chi connectivity index (χ4n) is 2.29. The fraction of sp³-hybridized carbons (Fsp3) is 0.375. The zero-order valence-electron chi connectivity index (χ0n) is 13.8. The molecule has 1 aromatic heterocycles. The molecule has 1 aromatic carbocycles. The molecule has 1 heterocycles. The van der Waals surface area contributed by atoms with Crippen molar-refractivity contribution in [2.75, 3.05) is 0 Å². The molecule has 0 amide bonds. The van der Waals surface area contributed by atoms with Crippen LogP contribution in [0.4, 0.5) is 17.6 Å². The number of hydrogen-bond acceptors (Lipinski definition) is 3. The molecule has 0 spiro atoms. The number of benzene rings is 1. The van der Waals surface area contributed by atoms with Gasteiger partial charge in [0.2, 0.25) is 10.0 Å². The average molecular weight is 379 g/mol. The number of halogens is 4. The molecule has 0 aliphatic carbocycles. The summed E-state index contributed by atoms with van der Waals surface area (Å²) in [7, 11) is -4.28. The molecule has 138 valence electrons. The minimum Gasteiger partial charge on any atom is -0.465 e. The highest BCUT2D eigenvalue weighted by atomic mass is 32.2. The van der Waals surface area contributed by atoms with Crippen molar-refractivity contribution >= 4 is 10.0 Å². The number of aryl methyl sites for hydroxylation is 1. The Morgan fingerprint density at radius 1 is 1.16 bits per heavy atom. The van der Waals surface area contributed by atoms with Crippen molar-refractivity contribution in [1.82, 2.24) is 4.31 Å². The van der Waals surface area contributed by atoms with Gasteiger partial charge in [-0.3, -0.25) is 0 Å². The predicted molar refractivity (Wildman–Crippen MR) is 82.7 cm³/mol. The van der Waals surface area contributed by atoms with Gasteiger partial charge in [0.15, 0.2) is 0 Å². The monoisotopic (exact) mass is 379 g/mol. The van der Waals surface area contributed by atoms with Gasteiger partial charge in [-0.1, -0.05) is 0 Å². The third-order valence-corrected chi connectivity index (χ3v) is 5.55. The third-order valence-electron chi connectivity index (χ3n) is 3.53. The van der Waals surface area contributed by atoms with Crippen LogP contribution in [-0.4, -0.2) is 18.8 Å². The number of sulfonamides is 1. The van der Waals surface area contributed by atoms with E-state index in [1.165, 1.54) is 0 Å². The zero-order valence-corrected chi connectivity index (χ0v) is 14.6. The van der Waals surface area contributed by atoms with Crippen LogP contribution >= 0.6 is 0 Å². The lowest BCUT2D eigenvalue weighted by molar-refractivity contribution is -0.140. The van der Waals surface area contributed by atoms with Crippen molar-refractivity contribution in [2.45, 2.75) is 44.4 Å². The van der Waals surface area contributed by atoms with Gasteiger partial charge in [-0.05, 0) is 51.1 Å². The van der Waals surface area contributed by atoms with Gasteiger partial charge >= 0.3 is 6.18 Å². The van der Waals surface area contributed by atoms with Crippen LogP contribution in [0, 0.1) is 12.7 Å². The van der Waals surface area contributed by atoms with Crippen molar-refractivity contribution in [3.63, 3.8) is 0 Å². The van der Waals surface area contributed by atoms with E-state index in [4.69, 9.17) is 4.42 Å². The van der Waals surface area contributed by atoms with E-state index < -0.39 is 38.5 Å². The lowest BCUT2D eigenvalue weighted by Crippen LogP contribution is -2.36. The van der Waals surface area contributed by atoms with Crippen LogP contribution in [0.5, 0.6) is 0 Å². The molecule has 2 rings (SSSR count). The maximum Gasteiger partial charge on any atom is 0.419 e. The summed E-state index contributed by atoms with van der Waals surface area (Å²) in [6.07, 6.45) is -4.99. The van der Waals surface area contributed by atoms with Crippen LogP contribution in [0.3, 0.4) is 0 Å². The molecule has 0 bridgehead atoms. The maximum atomic E-state index is 13.4. The Kier molecular flexibility index (Phi) is 5.29. The Morgan fingerprint density at radius 3 is 2.28 bits per heavy atom. The van der Waals surface area contributed by atoms with Crippen LogP contribution < -0.4 is 0 Å². The van der Waals surface area contributed by atoms with E-state index in [2.05, 4.69) is 0 Å². The van der Waals surface area contributed by atoms with E-state index in [1.807, 2.05) is 0 Å². The van der Waals surface area contributed by atoms with Gasteiger partial charge in [-0.15, -0.1) is 0 Å². The van der Waals surface area contributed by atoms with Crippen molar-refractivity contribution < 1.29 is 30.4 Å². The normalized spacial score (nSPS) is 13.0. The van der Waals surface area contributed by atoms with Gasteiger partial charge in [0, 0.05) is 6.04 Å². The first-order valence-corrected chi connectivity index (χ1v) is 8.81. The van der Waals surface area contributed by atoms with Crippen LogP contribution in [0.25, 0.3) is 0 Å². The Balaban J connectivity index is 2.47. The van der Waals surface area contributed by atoms with E-state index in [1.54, 1.807) is 32.9 Å². The molecule has 0 unspecified atom stereocenters. The summed E-state index contributed by atoms with van der Waals surface area (Å²) in [5.41, 5.74) is -1.62. The van der Waals surface area contributed by atoms with Gasteiger partial charge in [0.1, 0.15) is 17.3 Å². The van der Waals surface area contributed by atoms with Gasteiger partial charge in [-0.2, -0.15) is 17.5 Å². The number of rotatable bonds is 5. The van der Waals surface area contributed by atoms with E-state index in [-0.39, 0.29) is 6.54 Å². The minimum atomic E-state index is -4.99. The highest BCUT2D eigenvalue weighted by Gasteiger charge is 2.36. The standard InChI is InChI=1S/C16H17F4NO3S/c1-10(2)21(9-12-5-4-11(3)24-12)25(22,23)13-6-7-15(17)14(8-13)16(18,19)20/h4-8,10H,9H2,1-3H3. The van der Waals surface area contributed by atoms with Gasteiger partial charge < -0.3 is 4.42 Å². The maximum absolute atomic E-state index is 13.4. The molecule has 0 radical (unpaired) electrons. The molecule has 0 saturated heterocycles. The molecule has 25 heavy (non-hydrogen) atoms. The molecular weight excluding hydrogens is 362 g/mol. The van der Waals surface area contributed by atoms with Crippen molar-refractivity contribution in [2.24, 2.45) is 0 Å². The van der Waals surface area contributed by atoms with Crippen LogP contribution in [0.2, 0.25) is 0 Å². The molecule has 0 atom stereocenters. The molecule has 0 fully saturated rings. The first-order valence-electron chi connectivity index (χ1n) is 7.37. The minimum absolute atomic E-state index is 0.146. The summed E-state index contributed by atoms with van der Waals surface area (Å²) in [5.74, 6) is -0.589. The van der Waals surface area contributed by atoms with Crippen LogP contribution in [0.1, 0.15) is 30.9 Å². The molecule has 0 aliphatic rings. The van der Waals surface area contributed by atoms with Crippen molar-refractivity contribution in [3.8, 4) is 0 Å². The molecular formula is C16H17F4NO3S. The second-order valence-electron chi connectivity index (χ2n) is 5.80. The number of furan rings is 1. The zero-order chi connectivity index (χ0) is 19.0. The molecule has 9 heteroatoms. The Morgan fingerprint density at radius 2 is 1.80 bits per heavy atom. The largest absolute Gasteiger partial charge is 0.465 e. The highest BCUT2D eigenvalue weighted by molar-refractivity contribution is 7.89. The van der Waals surface area contributed by atoms with E-state index in [0.29, 0.717) is 23.7 Å².